The second kappa shape index (κ2) is 10.5. The van der Waals surface area contributed by atoms with Crippen molar-refractivity contribution < 1.29 is 22.4 Å². The van der Waals surface area contributed by atoms with Crippen LogP contribution < -0.4 is 15.5 Å². The molecule has 8 nitrogen and oxygen atoms in total. The second-order valence-electron chi connectivity index (χ2n) is 8.67. The molecule has 0 saturated heterocycles. The Morgan fingerprint density at radius 3 is 2.41 bits per heavy atom. The van der Waals surface area contributed by atoms with E-state index in [2.05, 4.69) is 5.32 Å². The molecule has 0 spiro atoms. The number of hydrogen-bond donors (Lipinski definition) is 2. The van der Waals surface area contributed by atoms with Gasteiger partial charge in [-0.1, -0.05) is 48.5 Å². The monoisotopic (exact) mass is 520 g/mol. The number of carbonyl (C=O) groups is 1. The molecular formula is C28H28N2O6S. The smallest absolute Gasteiger partial charge is 0.421 e. The predicted octanol–water partition coefficient (Wildman–Crippen LogP) is 5.68. The van der Waals surface area contributed by atoms with Gasteiger partial charge in [0.15, 0.2) is 5.43 Å². The first kappa shape index (κ1) is 26.0. The predicted molar refractivity (Wildman–Crippen MR) is 143 cm³/mol. The van der Waals surface area contributed by atoms with Crippen molar-refractivity contribution in [1.82, 2.24) is 4.72 Å². The largest absolute Gasteiger partial charge is 0.455 e. The van der Waals surface area contributed by atoms with Crippen LogP contribution in [0, 0.1) is 13.8 Å². The zero-order valence-electron chi connectivity index (χ0n) is 21.0. The molecule has 2 N–H and O–H groups in total. The molecule has 0 bridgehead atoms. The lowest BCUT2D eigenvalue weighted by Gasteiger charge is -2.20. The summed E-state index contributed by atoms with van der Waals surface area (Å²) < 4.78 is 38.8. The number of sulfonamides is 1. The molecule has 1 atom stereocenters. The summed E-state index contributed by atoms with van der Waals surface area (Å²) in [5.74, 6) is 0.483. The summed E-state index contributed by atoms with van der Waals surface area (Å²) in [6.45, 7) is 7.09. The molecule has 0 aliphatic carbocycles. The lowest BCUT2D eigenvalue weighted by Crippen LogP contribution is -2.31. The van der Waals surface area contributed by atoms with Gasteiger partial charge in [-0.3, -0.25) is 4.79 Å². The maximum atomic E-state index is 13.3. The number of benzene rings is 3. The minimum absolute atomic E-state index is 0.0361. The van der Waals surface area contributed by atoms with Gasteiger partial charge in [0.2, 0.25) is 0 Å². The van der Waals surface area contributed by atoms with Gasteiger partial charge in [0.1, 0.15) is 16.2 Å². The number of para-hydroxylation sites is 1. The molecule has 0 unspecified atom stereocenters. The zero-order chi connectivity index (χ0) is 26.7. The Balaban J connectivity index is 1.80. The zero-order valence-corrected chi connectivity index (χ0v) is 21.8. The van der Waals surface area contributed by atoms with E-state index < -0.39 is 22.2 Å². The van der Waals surface area contributed by atoms with Gasteiger partial charge in [-0.05, 0) is 51.5 Å². The number of nitrogens with one attached hydrogen (secondary N) is 2. The van der Waals surface area contributed by atoms with Gasteiger partial charge in [-0.25, -0.2) is 17.9 Å². The van der Waals surface area contributed by atoms with Crippen molar-refractivity contribution >= 4 is 32.8 Å². The van der Waals surface area contributed by atoms with Gasteiger partial charge in [-0.2, -0.15) is 0 Å². The summed E-state index contributed by atoms with van der Waals surface area (Å²) in [4.78, 5) is 25.0. The minimum atomic E-state index is -4.21. The summed E-state index contributed by atoms with van der Waals surface area (Å²) in [6, 6.07) is 18.9. The Bertz CT molecular complexity index is 1630. The molecule has 0 fully saturated rings. The fraction of sp³-hybridized carbons (Fsp3) is 0.214. The van der Waals surface area contributed by atoms with Crippen LogP contribution in [-0.4, -0.2) is 21.1 Å². The number of amides is 1. The van der Waals surface area contributed by atoms with Crippen LogP contribution in [0.4, 0.5) is 10.5 Å². The molecule has 9 heteroatoms. The van der Waals surface area contributed by atoms with E-state index in [9.17, 15) is 18.0 Å². The molecule has 0 saturated carbocycles. The van der Waals surface area contributed by atoms with E-state index >= 15 is 0 Å². The Morgan fingerprint density at radius 2 is 1.70 bits per heavy atom. The summed E-state index contributed by atoms with van der Waals surface area (Å²) in [7, 11) is -4.21. The van der Waals surface area contributed by atoms with Gasteiger partial charge in [-0.15, -0.1) is 0 Å². The maximum absolute atomic E-state index is 13.3. The lowest BCUT2D eigenvalue weighted by molar-refractivity contribution is 0.158. The number of aryl methyl sites for hydroxylation is 1. The first-order valence-corrected chi connectivity index (χ1v) is 13.3. The first-order chi connectivity index (χ1) is 17.6. The number of carbonyl (C=O) groups excluding carboxylic acids is 1. The van der Waals surface area contributed by atoms with Crippen molar-refractivity contribution in [2.24, 2.45) is 0 Å². The highest BCUT2D eigenvalue weighted by Gasteiger charge is 2.24. The quantitative estimate of drug-likeness (QED) is 0.322. The third-order valence-electron chi connectivity index (χ3n) is 5.94. The number of ether oxygens (including phenoxy) is 1. The molecule has 1 aromatic heterocycles. The Labute approximate surface area is 215 Å². The van der Waals surface area contributed by atoms with Gasteiger partial charge < -0.3 is 14.5 Å². The standard InChI is InChI=1S/C28H28N2O6S/c1-5-35-28(32)30-37(33,34)24-14-10-9-13-23(24)29-19(4)21-15-17(2)16-22-25(31)18(3)26(36-27(21)22)20-11-7-6-8-12-20/h6-16,19,29H,5H2,1-4H3,(H,30,32)/t19-/m1/s1. The lowest BCUT2D eigenvalue weighted by atomic mass is 9.99. The summed E-state index contributed by atoms with van der Waals surface area (Å²) in [6.07, 6.45) is -1.05. The van der Waals surface area contributed by atoms with Gasteiger partial charge in [0.05, 0.1) is 23.7 Å². The van der Waals surface area contributed by atoms with Crippen LogP contribution in [0.1, 0.15) is 36.6 Å². The summed E-state index contributed by atoms with van der Waals surface area (Å²) >= 11 is 0. The van der Waals surface area contributed by atoms with Crippen LogP contribution in [0.25, 0.3) is 22.3 Å². The number of hydrogen-bond acceptors (Lipinski definition) is 7. The molecular weight excluding hydrogens is 492 g/mol. The average molecular weight is 521 g/mol. The van der Waals surface area contributed by atoms with E-state index in [1.807, 2.05) is 55.0 Å². The van der Waals surface area contributed by atoms with Crippen LogP contribution in [-0.2, 0) is 14.8 Å². The molecule has 4 rings (SSSR count). The molecule has 3 aromatic carbocycles. The van der Waals surface area contributed by atoms with Crippen molar-refractivity contribution in [3.05, 3.63) is 93.6 Å². The van der Waals surface area contributed by atoms with E-state index in [0.29, 0.717) is 27.9 Å². The van der Waals surface area contributed by atoms with Crippen LogP contribution in [0.2, 0.25) is 0 Å². The van der Waals surface area contributed by atoms with Crippen molar-refractivity contribution in [1.29, 1.82) is 0 Å². The van der Waals surface area contributed by atoms with Gasteiger partial charge in [0, 0.05) is 16.7 Å². The van der Waals surface area contributed by atoms with Gasteiger partial charge >= 0.3 is 6.09 Å². The summed E-state index contributed by atoms with van der Waals surface area (Å²) in [5, 5.41) is 3.67. The molecule has 4 aromatic rings. The Hall–Kier alpha value is -4.11. The molecule has 192 valence electrons. The maximum Gasteiger partial charge on any atom is 0.421 e. The minimum Gasteiger partial charge on any atom is -0.455 e. The van der Waals surface area contributed by atoms with Crippen LogP contribution in [0.3, 0.4) is 0 Å². The number of rotatable bonds is 7. The van der Waals surface area contributed by atoms with Crippen LogP contribution >= 0.6 is 0 Å². The SMILES string of the molecule is CCOC(=O)NS(=O)(=O)c1ccccc1N[C@H](C)c1cc(C)cc2c(=O)c(C)c(-c3ccccc3)oc12. The summed E-state index contributed by atoms with van der Waals surface area (Å²) in [5.41, 5.74) is 3.42. The van der Waals surface area contributed by atoms with Crippen LogP contribution in [0.5, 0.6) is 0 Å². The number of anilines is 1. The Kier molecular flexibility index (Phi) is 7.35. The molecule has 1 heterocycles. The van der Waals surface area contributed by atoms with Crippen molar-refractivity contribution in [3.63, 3.8) is 0 Å². The molecule has 37 heavy (non-hydrogen) atoms. The fourth-order valence-corrected chi connectivity index (χ4v) is 5.27. The molecule has 1 amide bonds. The third kappa shape index (κ3) is 5.36. The van der Waals surface area contributed by atoms with E-state index in [0.717, 1.165) is 11.1 Å². The van der Waals surface area contributed by atoms with Crippen molar-refractivity contribution in [3.8, 4) is 11.3 Å². The molecule has 0 aliphatic rings. The second-order valence-corrected chi connectivity index (χ2v) is 10.3. The molecule has 0 aliphatic heterocycles. The average Bonchev–Trinajstić information content (AvgIpc) is 2.86. The first-order valence-electron chi connectivity index (χ1n) is 11.8. The van der Waals surface area contributed by atoms with Crippen molar-refractivity contribution in [2.45, 2.75) is 38.6 Å². The van der Waals surface area contributed by atoms with E-state index in [4.69, 9.17) is 9.15 Å². The highest BCUT2D eigenvalue weighted by Crippen LogP contribution is 2.33. The van der Waals surface area contributed by atoms with E-state index in [-0.39, 0.29) is 22.6 Å². The van der Waals surface area contributed by atoms with E-state index in [1.54, 1.807) is 38.1 Å². The van der Waals surface area contributed by atoms with Crippen LogP contribution in [0.15, 0.2) is 80.8 Å². The van der Waals surface area contributed by atoms with Crippen molar-refractivity contribution in [2.75, 3.05) is 11.9 Å². The topological polar surface area (TPSA) is 115 Å². The molecule has 0 radical (unpaired) electrons. The highest BCUT2D eigenvalue weighted by molar-refractivity contribution is 7.90. The third-order valence-corrected chi connectivity index (χ3v) is 7.31. The Morgan fingerprint density at radius 1 is 1.03 bits per heavy atom. The fourth-order valence-electron chi connectivity index (χ4n) is 4.21. The van der Waals surface area contributed by atoms with E-state index in [1.165, 1.54) is 6.07 Å². The van der Waals surface area contributed by atoms with Gasteiger partial charge in [0.25, 0.3) is 10.0 Å². The normalized spacial score (nSPS) is 12.2. The highest BCUT2D eigenvalue weighted by atomic mass is 32.2. The number of fused-ring (bicyclic) bond motifs is 1.